The molecule has 0 amide bonds. The zero-order valence-electron chi connectivity index (χ0n) is 22.3. The van der Waals surface area contributed by atoms with Crippen molar-refractivity contribution in [2.75, 3.05) is 0 Å². The van der Waals surface area contributed by atoms with Crippen LogP contribution in [0, 0.1) is 0 Å². The van der Waals surface area contributed by atoms with Crippen LogP contribution in [0.5, 0.6) is 11.5 Å². The average Bonchev–Trinajstić information content (AvgIpc) is 3.45. The van der Waals surface area contributed by atoms with Crippen molar-refractivity contribution in [3.63, 3.8) is 0 Å². The minimum Gasteiger partial charge on any atom is -0.456 e. The van der Waals surface area contributed by atoms with Gasteiger partial charge in [-0.25, -0.2) is 15.0 Å². The monoisotopic (exact) mass is 539 g/mol. The van der Waals surface area contributed by atoms with Gasteiger partial charge in [-0.1, -0.05) is 103 Å². The molecule has 0 N–H and O–H groups in total. The van der Waals surface area contributed by atoms with E-state index in [1.165, 1.54) is 0 Å². The zero-order valence-corrected chi connectivity index (χ0v) is 22.3. The van der Waals surface area contributed by atoms with Crippen molar-refractivity contribution in [2.45, 2.75) is 0 Å². The lowest BCUT2D eigenvalue weighted by atomic mass is 9.93. The van der Waals surface area contributed by atoms with Crippen LogP contribution in [-0.2, 0) is 0 Å². The molecule has 1 aliphatic rings. The highest BCUT2D eigenvalue weighted by molar-refractivity contribution is 6.26. The molecule has 0 bridgehead atoms. The van der Waals surface area contributed by atoms with Gasteiger partial charge in [0.15, 0.2) is 17.5 Å². The first kappa shape index (κ1) is 22.9. The molecule has 5 nitrogen and oxygen atoms in total. The highest BCUT2D eigenvalue weighted by Gasteiger charge is 2.24. The molecule has 5 heteroatoms. The lowest BCUT2D eigenvalue weighted by molar-refractivity contribution is 0.492. The Bertz CT molecular complexity index is 2250. The van der Waals surface area contributed by atoms with E-state index in [1.807, 2.05) is 91.0 Å². The second kappa shape index (κ2) is 8.85. The van der Waals surface area contributed by atoms with Gasteiger partial charge in [0, 0.05) is 27.5 Å². The second-order valence-electron chi connectivity index (χ2n) is 10.4. The number of ether oxygens (including phenoxy) is 1. The van der Waals surface area contributed by atoms with Crippen molar-refractivity contribution in [3.05, 3.63) is 127 Å². The molecule has 0 saturated carbocycles. The Balaban J connectivity index is 1.20. The number of hydrogen-bond donors (Lipinski definition) is 0. The summed E-state index contributed by atoms with van der Waals surface area (Å²) in [5.74, 6) is 3.61. The van der Waals surface area contributed by atoms with Gasteiger partial charge in [-0.05, 0) is 40.8 Å². The van der Waals surface area contributed by atoms with E-state index in [1.54, 1.807) is 0 Å². The fourth-order valence-electron chi connectivity index (χ4n) is 5.97. The van der Waals surface area contributed by atoms with E-state index >= 15 is 0 Å². The van der Waals surface area contributed by atoms with Gasteiger partial charge < -0.3 is 9.15 Å². The molecule has 0 spiro atoms. The largest absolute Gasteiger partial charge is 0.456 e. The molecule has 9 rings (SSSR count). The SMILES string of the molecule is c1ccc(-c2nc(-c3ccccc3)nc(-c3ccc(-c4cc5oc6cccc7c6c5c5c(cccc45)O7)cc3)n2)cc1. The summed E-state index contributed by atoms with van der Waals surface area (Å²) in [5, 5.41) is 4.37. The van der Waals surface area contributed by atoms with Crippen LogP contribution >= 0.6 is 0 Å². The smallest absolute Gasteiger partial charge is 0.164 e. The molecular formula is C37H21N3O2. The number of rotatable bonds is 4. The molecule has 2 aromatic heterocycles. The summed E-state index contributed by atoms with van der Waals surface area (Å²) >= 11 is 0. The van der Waals surface area contributed by atoms with Crippen molar-refractivity contribution >= 4 is 32.7 Å². The first-order valence-electron chi connectivity index (χ1n) is 13.9. The maximum absolute atomic E-state index is 6.33. The summed E-state index contributed by atoms with van der Waals surface area (Å²) in [5.41, 5.74) is 6.67. The first-order valence-corrected chi connectivity index (χ1v) is 13.9. The van der Waals surface area contributed by atoms with Crippen molar-refractivity contribution in [1.29, 1.82) is 0 Å². The predicted octanol–water partition coefficient (Wildman–Crippen LogP) is 9.70. The van der Waals surface area contributed by atoms with Crippen molar-refractivity contribution in [3.8, 4) is 56.8 Å². The Morgan fingerprint density at radius 3 is 1.60 bits per heavy atom. The summed E-state index contributed by atoms with van der Waals surface area (Å²) < 4.78 is 12.7. The third kappa shape index (κ3) is 3.47. The third-order valence-corrected chi connectivity index (χ3v) is 7.92. The van der Waals surface area contributed by atoms with Crippen LogP contribution in [0.3, 0.4) is 0 Å². The molecule has 3 heterocycles. The summed E-state index contributed by atoms with van der Waals surface area (Å²) in [6, 6.07) is 42.8. The Morgan fingerprint density at radius 1 is 0.405 bits per heavy atom. The van der Waals surface area contributed by atoms with E-state index < -0.39 is 0 Å². The molecule has 0 radical (unpaired) electrons. The molecule has 0 aliphatic carbocycles. The fourth-order valence-corrected chi connectivity index (χ4v) is 5.97. The first-order chi connectivity index (χ1) is 20.8. The highest BCUT2D eigenvalue weighted by Crippen LogP contribution is 2.50. The average molecular weight is 540 g/mol. The summed E-state index contributed by atoms with van der Waals surface area (Å²) in [6.45, 7) is 0. The van der Waals surface area contributed by atoms with Gasteiger partial charge in [0.2, 0.25) is 0 Å². The van der Waals surface area contributed by atoms with E-state index in [2.05, 4.69) is 36.4 Å². The highest BCUT2D eigenvalue weighted by atomic mass is 16.5. The summed E-state index contributed by atoms with van der Waals surface area (Å²) in [7, 11) is 0. The molecule has 0 unspecified atom stereocenters. The minimum atomic E-state index is 0.629. The van der Waals surface area contributed by atoms with Gasteiger partial charge in [-0.15, -0.1) is 0 Å². The van der Waals surface area contributed by atoms with Crippen molar-refractivity contribution in [1.82, 2.24) is 15.0 Å². The topological polar surface area (TPSA) is 61.0 Å². The number of nitrogens with zero attached hydrogens (tertiary/aromatic N) is 3. The second-order valence-corrected chi connectivity index (χ2v) is 10.4. The van der Waals surface area contributed by atoms with Crippen molar-refractivity contribution < 1.29 is 9.15 Å². The number of hydrogen-bond acceptors (Lipinski definition) is 5. The Kier molecular flexibility index (Phi) is 4.83. The van der Waals surface area contributed by atoms with Crippen LogP contribution in [0.4, 0.5) is 0 Å². The Labute approximate surface area is 240 Å². The van der Waals surface area contributed by atoms with Crippen molar-refractivity contribution in [2.24, 2.45) is 0 Å². The Morgan fingerprint density at radius 2 is 0.952 bits per heavy atom. The van der Waals surface area contributed by atoms with Crippen LogP contribution in [0.15, 0.2) is 132 Å². The fraction of sp³-hybridized carbons (Fsp3) is 0. The van der Waals surface area contributed by atoms with Crippen LogP contribution < -0.4 is 4.74 Å². The predicted molar refractivity (Wildman–Crippen MR) is 166 cm³/mol. The number of aromatic nitrogens is 3. The van der Waals surface area contributed by atoms with Gasteiger partial charge in [-0.2, -0.15) is 0 Å². The van der Waals surface area contributed by atoms with E-state index in [-0.39, 0.29) is 0 Å². The zero-order chi connectivity index (χ0) is 27.6. The normalized spacial score (nSPS) is 12.0. The molecule has 42 heavy (non-hydrogen) atoms. The van der Waals surface area contributed by atoms with E-state index in [0.29, 0.717) is 17.5 Å². The molecule has 0 atom stereocenters. The molecule has 8 aromatic rings. The number of furan rings is 1. The summed E-state index contributed by atoms with van der Waals surface area (Å²) in [6.07, 6.45) is 0. The maximum Gasteiger partial charge on any atom is 0.164 e. The molecule has 1 aliphatic heterocycles. The lowest BCUT2D eigenvalue weighted by Gasteiger charge is -2.17. The molecule has 6 aromatic carbocycles. The standard InChI is InChI=1S/C37H21N3O2/c1-3-9-23(10-4-1)35-38-36(24-11-5-2-6-12-24)40-37(39-35)25-19-17-22(18-20-25)27-21-31-34-32-26(27)13-7-14-28(32)41-29-15-8-16-30(42-31)33(29)34/h1-21H. The quantitative estimate of drug-likeness (QED) is 0.223. The van der Waals surface area contributed by atoms with Gasteiger partial charge in [0.05, 0.1) is 5.39 Å². The van der Waals surface area contributed by atoms with Crippen LogP contribution in [0.25, 0.3) is 78.0 Å². The summed E-state index contributed by atoms with van der Waals surface area (Å²) in [4.78, 5) is 14.6. The lowest BCUT2D eigenvalue weighted by Crippen LogP contribution is -2.00. The Hall–Kier alpha value is -5.81. The number of benzene rings is 6. The third-order valence-electron chi connectivity index (χ3n) is 7.92. The van der Waals surface area contributed by atoms with Gasteiger partial charge in [0.1, 0.15) is 22.7 Å². The maximum atomic E-state index is 6.33. The van der Waals surface area contributed by atoms with Gasteiger partial charge in [-0.3, -0.25) is 0 Å². The minimum absolute atomic E-state index is 0.629. The molecule has 0 saturated heterocycles. The van der Waals surface area contributed by atoms with Gasteiger partial charge in [0.25, 0.3) is 0 Å². The van der Waals surface area contributed by atoms with E-state index in [0.717, 1.165) is 72.0 Å². The van der Waals surface area contributed by atoms with E-state index in [9.17, 15) is 0 Å². The van der Waals surface area contributed by atoms with Crippen LogP contribution in [0.1, 0.15) is 0 Å². The van der Waals surface area contributed by atoms with Crippen LogP contribution in [-0.4, -0.2) is 15.0 Å². The molecular weight excluding hydrogens is 518 g/mol. The molecule has 196 valence electrons. The van der Waals surface area contributed by atoms with Gasteiger partial charge >= 0.3 is 0 Å². The van der Waals surface area contributed by atoms with Crippen LogP contribution in [0.2, 0.25) is 0 Å². The van der Waals surface area contributed by atoms with E-state index in [4.69, 9.17) is 24.1 Å². The molecule has 0 fully saturated rings.